The number of hydrogen-bond donors (Lipinski definition) is 3. The van der Waals surface area contributed by atoms with Gasteiger partial charge in [-0.2, -0.15) is 27.0 Å². The third-order valence-electron chi connectivity index (χ3n) is 8.01. The zero-order valence-electron chi connectivity index (χ0n) is 32.8. The molecular formula is C38H43ClN6O12S2. The number of hydrazone groups is 2. The van der Waals surface area contributed by atoms with Crippen molar-refractivity contribution in [2.75, 3.05) is 69.0 Å². The molecule has 0 aromatic heterocycles. The quantitative estimate of drug-likeness (QED) is 0.0917. The van der Waals surface area contributed by atoms with Crippen molar-refractivity contribution in [1.82, 2.24) is 10.4 Å². The topological polar surface area (TPSA) is 229 Å². The molecule has 4 aromatic carbocycles. The standard InChI is InChI=1S/C19H21N3O6S.C11H16N2O3.C8H6ClNO3S/c1-26-10-9-22(20-12-13-7-8-15(23)17(11-13)28-3)19-14-5-4-6-16(27-2)18(14)29(24,25)21-19;1-15-6-5-12-13-8-9-3-4-10(14)11(7-9)16-2;1-13-6-4-2-3-5-7(6)14(11,12)10-8(5)9/h4-8,11-12,23H,9-10H2,1-3H3;3-4,7-8,12,14H,5-6H2,1-2H3;2-4H,1H3/b20-12+;13-8+;. The minimum Gasteiger partial charge on any atom is -0.504 e. The van der Waals surface area contributed by atoms with E-state index < -0.39 is 20.0 Å². The van der Waals surface area contributed by atoms with Crippen molar-refractivity contribution in [2.24, 2.45) is 19.0 Å². The van der Waals surface area contributed by atoms with E-state index in [9.17, 15) is 27.0 Å². The van der Waals surface area contributed by atoms with E-state index in [0.717, 1.165) is 5.56 Å². The Morgan fingerprint density at radius 2 is 1.19 bits per heavy atom. The number of nitrogens with one attached hydrogen (secondary N) is 1. The van der Waals surface area contributed by atoms with Crippen LogP contribution in [-0.4, -0.2) is 124 Å². The van der Waals surface area contributed by atoms with Gasteiger partial charge in [0.2, 0.25) is 0 Å². The lowest BCUT2D eigenvalue weighted by Gasteiger charge is -2.18. The highest BCUT2D eigenvalue weighted by molar-refractivity contribution is 7.91. The van der Waals surface area contributed by atoms with E-state index in [2.05, 4.69) is 24.4 Å². The summed E-state index contributed by atoms with van der Waals surface area (Å²) >= 11 is 5.67. The number of methoxy groups -OCH3 is 6. The first-order valence-electron chi connectivity index (χ1n) is 17.2. The molecule has 0 radical (unpaired) electrons. The summed E-state index contributed by atoms with van der Waals surface area (Å²) < 4.78 is 85.6. The lowest BCUT2D eigenvalue weighted by Crippen LogP contribution is -2.29. The maximum atomic E-state index is 12.6. The fourth-order valence-corrected chi connectivity index (χ4v) is 8.32. The number of sulfonamides is 2. The summed E-state index contributed by atoms with van der Waals surface area (Å²) in [6.07, 6.45) is 3.17. The number of fused-ring (bicyclic) bond motifs is 2. The van der Waals surface area contributed by atoms with Gasteiger partial charge in [0, 0.05) is 25.3 Å². The molecule has 0 saturated carbocycles. The van der Waals surface area contributed by atoms with Crippen LogP contribution in [0.4, 0.5) is 0 Å². The van der Waals surface area contributed by atoms with Crippen LogP contribution in [0, 0.1) is 0 Å². The number of amidine groups is 1. The van der Waals surface area contributed by atoms with E-state index in [-0.39, 0.29) is 50.3 Å². The molecule has 0 saturated heterocycles. The molecule has 2 aliphatic rings. The molecule has 0 fully saturated rings. The normalized spacial score (nSPS) is 14.2. The Balaban J connectivity index is 0.000000216. The Bertz CT molecular complexity index is 2450. The second-order valence-electron chi connectivity index (χ2n) is 11.8. The van der Waals surface area contributed by atoms with E-state index in [4.69, 9.17) is 40.0 Å². The largest absolute Gasteiger partial charge is 0.504 e. The Kier molecular flexibility index (Phi) is 16.4. The zero-order chi connectivity index (χ0) is 43.2. The molecule has 3 N–H and O–H groups in total. The summed E-state index contributed by atoms with van der Waals surface area (Å²) in [6.45, 7) is 1.83. The molecule has 0 spiro atoms. The van der Waals surface area contributed by atoms with Crippen molar-refractivity contribution in [2.45, 2.75) is 9.79 Å². The van der Waals surface area contributed by atoms with Crippen molar-refractivity contribution in [1.29, 1.82) is 0 Å². The first-order valence-corrected chi connectivity index (χ1v) is 20.5. The third kappa shape index (κ3) is 11.6. The molecule has 0 unspecified atom stereocenters. The highest BCUT2D eigenvalue weighted by Gasteiger charge is 2.35. The number of rotatable bonds is 14. The van der Waals surface area contributed by atoms with Crippen LogP contribution in [0.3, 0.4) is 0 Å². The lowest BCUT2D eigenvalue weighted by molar-refractivity contribution is 0.178. The van der Waals surface area contributed by atoms with Gasteiger partial charge in [0.1, 0.15) is 21.3 Å². The Hall–Kier alpha value is -5.93. The summed E-state index contributed by atoms with van der Waals surface area (Å²) in [7, 11) is 1.35. The molecule has 0 aliphatic carbocycles. The number of hydrogen-bond acceptors (Lipinski definition) is 16. The van der Waals surface area contributed by atoms with Gasteiger partial charge in [-0.3, -0.25) is 0 Å². The van der Waals surface area contributed by atoms with Crippen LogP contribution in [0.25, 0.3) is 0 Å². The first-order chi connectivity index (χ1) is 28.2. The third-order valence-corrected chi connectivity index (χ3v) is 11.1. The Morgan fingerprint density at radius 3 is 1.73 bits per heavy atom. The Labute approximate surface area is 347 Å². The van der Waals surface area contributed by atoms with E-state index in [0.29, 0.717) is 47.9 Å². The van der Waals surface area contributed by atoms with Gasteiger partial charge in [-0.15, -0.1) is 8.80 Å². The van der Waals surface area contributed by atoms with E-state index >= 15 is 0 Å². The SMILES string of the molecule is COCCN(/N=C/c1ccc(O)c(OC)c1)C1=NS(=O)(=O)c2c(OC)cccc21.COCCN/N=C/c1ccc(O)c(OC)c1.COc1cccc2c1S(=O)(=O)N=C2Cl. The fourth-order valence-electron chi connectivity index (χ4n) is 5.23. The first kappa shape index (κ1) is 45.8. The van der Waals surface area contributed by atoms with Crippen LogP contribution in [0.2, 0.25) is 0 Å². The molecular weight excluding hydrogens is 832 g/mol. The second-order valence-corrected chi connectivity index (χ2v) is 15.2. The molecule has 6 rings (SSSR count). The van der Waals surface area contributed by atoms with Crippen molar-refractivity contribution < 1.29 is 55.5 Å². The number of halogens is 1. The average molecular weight is 875 g/mol. The highest BCUT2D eigenvalue weighted by Crippen LogP contribution is 2.36. The van der Waals surface area contributed by atoms with Crippen LogP contribution in [0.1, 0.15) is 22.3 Å². The van der Waals surface area contributed by atoms with Crippen LogP contribution >= 0.6 is 11.6 Å². The van der Waals surface area contributed by atoms with Gasteiger partial charge in [0.05, 0.1) is 67.2 Å². The van der Waals surface area contributed by atoms with E-state index in [1.165, 1.54) is 52.8 Å². The maximum Gasteiger partial charge on any atom is 0.288 e. The van der Waals surface area contributed by atoms with Crippen molar-refractivity contribution in [3.8, 4) is 34.5 Å². The van der Waals surface area contributed by atoms with E-state index in [1.807, 2.05) is 0 Å². The molecule has 2 aliphatic heterocycles. The van der Waals surface area contributed by atoms with Crippen molar-refractivity contribution >= 4 is 55.1 Å². The monoisotopic (exact) mass is 874 g/mol. The van der Waals surface area contributed by atoms with Crippen LogP contribution in [0.15, 0.2) is 102 Å². The average Bonchev–Trinajstić information content (AvgIpc) is 3.65. The summed E-state index contributed by atoms with van der Waals surface area (Å²) in [5.74, 6) is 1.52. The zero-order valence-corrected chi connectivity index (χ0v) is 35.2. The van der Waals surface area contributed by atoms with Gasteiger partial charge < -0.3 is 44.1 Å². The highest BCUT2D eigenvalue weighted by atomic mass is 35.5. The Morgan fingerprint density at radius 1 is 0.678 bits per heavy atom. The van der Waals surface area contributed by atoms with Crippen molar-refractivity contribution in [3.63, 3.8) is 0 Å². The summed E-state index contributed by atoms with van der Waals surface area (Å²) in [5.41, 5.74) is 5.12. The van der Waals surface area contributed by atoms with Crippen LogP contribution in [-0.2, 0) is 29.5 Å². The lowest BCUT2D eigenvalue weighted by atomic mass is 10.2. The number of phenols is 2. The van der Waals surface area contributed by atoms with Gasteiger partial charge >= 0.3 is 0 Å². The molecule has 4 aromatic rings. The maximum absolute atomic E-state index is 12.6. The second kappa shape index (κ2) is 21.2. The van der Waals surface area contributed by atoms with Crippen LogP contribution < -0.4 is 24.4 Å². The molecule has 21 heteroatoms. The number of nitrogens with zero attached hydrogens (tertiary/aromatic N) is 5. The summed E-state index contributed by atoms with van der Waals surface area (Å²) in [4.78, 5) is 0.0638. The molecule has 59 heavy (non-hydrogen) atoms. The molecule has 18 nitrogen and oxygen atoms in total. The van der Waals surface area contributed by atoms with Gasteiger partial charge in [-0.1, -0.05) is 29.8 Å². The molecule has 0 bridgehead atoms. The smallest absolute Gasteiger partial charge is 0.288 e. The summed E-state index contributed by atoms with van der Waals surface area (Å²) in [5, 5.41) is 28.9. The molecule has 0 atom stereocenters. The minimum atomic E-state index is -3.91. The van der Waals surface area contributed by atoms with Gasteiger partial charge in [-0.25, -0.2) is 5.01 Å². The number of aromatic hydroxyl groups is 2. The predicted molar refractivity (Wildman–Crippen MR) is 222 cm³/mol. The van der Waals surface area contributed by atoms with Gasteiger partial charge in [0.25, 0.3) is 20.0 Å². The van der Waals surface area contributed by atoms with Crippen LogP contribution in [0.5, 0.6) is 34.5 Å². The van der Waals surface area contributed by atoms with Gasteiger partial charge in [-0.05, 0) is 65.7 Å². The predicted octanol–water partition coefficient (Wildman–Crippen LogP) is 4.19. The van der Waals surface area contributed by atoms with E-state index in [1.54, 1.807) is 80.1 Å². The number of ether oxygens (including phenoxy) is 6. The summed E-state index contributed by atoms with van der Waals surface area (Å²) in [6, 6.07) is 19.5. The van der Waals surface area contributed by atoms with Crippen molar-refractivity contribution in [3.05, 3.63) is 95.1 Å². The minimum absolute atomic E-state index is 0.00757. The number of phenolic OH excluding ortho intramolecular Hbond substituents is 2. The molecule has 316 valence electrons. The van der Waals surface area contributed by atoms with Gasteiger partial charge in [0.15, 0.2) is 34.0 Å². The molecule has 2 heterocycles. The molecule has 0 amide bonds. The fraction of sp³-hybridized carbons (Fsp3) is 0.263. The number of benzene rings is 4.